The van der Waals surface area contributed by atoms with Gasteiger partial charge in [0.05, 0.1) is 6.61 Å². The number of esters is 1. The molecule has 0 aromatic heterocycles. The van der Waals surface area contributed by atoms with Crippen molar-refractivity contribution in [3.05, 3.63) is 28.8 Å². The Hall–Kier alpha value is -1.26. The lowest BCUT2D eigenvalue weighted by Gasteiger charge is -2.14. The minimum Gasteiger partial charge on any atom is -0.482 e. The summed E-state index contributed by atoms with van der Waals surface area (Å²) in [6.45, 7) is 7.10. The number of rotatable bonds is 9. The van der Waals surface area contributed by atoms with Gasteiger partial charge in [0.2, 0.25) is 0 Å². The molecule has 4 nitrogen and oxygen atoms in total. The highest BCUT2D eigenvalue weighted by Crippen LogP contribution is 2.26. The van der Waals surface area contributed by atoms with E-state index in [1.165, 1.54) is 0 Å². The normalized spacial score (nSPS) is 10.7. The van der Waals surface area contributed by atoms with Crippen LogP contribution >= 0.6 is 11.6 Å². The monoisotopic (exact) mass is 313 g/mol. The fraction of sp³-hybridized carbons (Fsp3) is 0.562. The summed E-state index contributed by atoms with van der Waals surface area (Å²) in [4.78, 5) is 11.6. The molecule has 5 heteroatoms. The number of nitrogens with one attached hydrogen (secondary N) is 1. The Morgan fingerprint density at radius 1 is 1.38 bits per heavy atom. The lowest BCUT2D eigenvalue weighted by atomic mass is 10.2. The summed E-state index contributed by atoms with van der Waals surface area (Å²) in [5.41, 5.74) is 0.856. The van der Waals surface area contributed by atoms with Crippen LogP contribution in [0.1, 0.15) is 39.2 Å². The van der Waals surface area contributed by atoms with Crippen molar-refractivity contribution in [1.29, 1.82) is 0 Å². The number of carbonyl (C=O) groups excluding carboxylic acids is 1. The molecule has 1 N–H and O–H groups in total. The molecule has 1 aromatic carbocycles. The fourth-order valence-electron chi connectivity index (χ4n) is 1.66. The molecule has 1 aromatic rings. The molecule has 0 heterocycles. The number of ether oxygens (including phenoxy) is 2. The maximum absolute atomic E-state index is 11.6. The number of hydrogen-bond donors (Lipinski definition) is 1. The smallest absolute Gasteiger partial charge is 0.344 e. The van der Waals surface area contributed by atoms with Crippen molar-refractivity contribution in [2.24, 2.45) is 0 Å². The molecule has 0 saturated heterocycles. The van der Waals surface area contributed by atoms with Gasteiger partial charge < -0.3 is 14.8 Å². The van der Waals surface area contributed by atoms with Crippen LogP contribution < -0.4 is 10.1 Å². The van der Waals surface area contributed by atoms with Gasteiger partial charge in [0.25, 0.3) is 0 Å². The number of carbonyl (C=O) groups is 1. The van der Waals surface area contributed by atoms with E-state index in [0.29, 0.717) is 30.0 Å². The molecule has 0 spiro atoms. The topological polar surface area (TPSA) is 47.6 Å². The molecule has 0 atom stereocenters. The minimum atomic E-state index is -0.355. The Morgan fingerprint density at radius 3 is 2.81 bits per heavy atom. The molecular formula is C16H24ClNO3. The van der Waals surface area contributed by atoms with Gasteiger partial charge in [-0.1, -0.05) is 44.9 Å². The molecule has 0 bridgehead atoms. The van der Waals surface area contributed by atoms with E-state index in [1.807, 2.05) is 19.1 Å². The third-order valence-corrected chi connectivity index (χ3v) is 3.22. The second-order valence-corrected chi connectivity index (χ2v) is 5.52. The van der Waals surface area contributed by atoms with E-state index in [9.17, 15) is 4.79 Å². The summed E-state index contributed by atoms with van der Waals surface area (Å²) in [6.07, 6.45) is 1.86. The Morgan fingerprint density at radius 2 is 2.14 bits per heavy atom. The van der Waals surface area contributed by atoms with Crippen LogP contribution in [0.5, 0.6) is 5.75 Å². The molecule has 21 heavy (non-hydrogen) atoms. The predicted molar refractivity (Wildman–Crippen MR) is 84.8 cm³/mol. The second-order valence-electron chi connectivity index (χ2n) is 5.11. The SMILES string of the molecule is CCCCOC(=O)COc1cccc(Cl)c1CNC(C)C. The van der Waals surface area contributed by atoms with Crippen molar-refractivity contribution in [3.8, 4) is 5.75 Å². The van der Waals surface area contributed by atoms with Gasteiger partial charge in [0, 0.05) is 23.2 Å². The lowest BCUT2D eigenvalue weighted by molar-refractivity contribution is -0.146. The first kappa shape index (κ1) is 17.8. The van der Waals surface area contributed by atoms with Crippen LogP contribution in [0, 0.1) is 0 Å². The molecule has 1 rings (SSSR count). The number of benzene rings is 1. The maximum atomic E-state index is 11.6. The molecule has 118 valence electrons. The molecule has 0 radical (unpaired) electrons. The predicted octanol–water partition coefficient (Wildman–Crippen LogP) is 3.56. The van der Waals surface area contributed by atoms with Gasteiger partial charge in [0.1, 0.15) is 5.75 Å². The van der Waals surface area contributed by atoms with E-state index in [4.69, 9.17) is 21.1 Å². The number of unbranched alkanes of at least 4 members (excludes halogenated alkanes) is 1. The average molecular weight is 314 g/mol. The van der Waals surface area contributed by atoms with Gasteiger partial charge in [-0.05, 0) is 18.6 Å². The van der Waals surface area contributed by atoms with E-state index in [-0.39, 0.29) is 12.6 Å². The van der Waals surface area contributed by atoms with Crippen LogP contribution in [-0.2, 0) is 16.1 Å². The Labute approximate surface area is 131 Å². The van der Waals surface area contributed by atoms with Crippen LogP contribution in [0.25, 0.3) is 0 Å². The van der Waals surface area contributed by atoms with Crippen LogP contribution in [0.2, 0.25) is 5.02 Å². The zero-order valence-electron chi connectivity index (χ0n) is 12.9. The summed E-state index contributed by atoms with van der Waals surface area (Å²) in [5, 5.41) is 3.92. The zero-order chi connectivity index (χ0) is 15.7. The molecule has 0 fully saturated rings. The van der Waals surface area contributed by atoms with Gasteiger partial charge >= 0.3 is 5.97 Å². The summed E-state index contributed by atoms with van der Waals surface area (Å²) in [6, 6.07) is 5.76. The van der Waals surface area contributed by atoms with Crippen molar-refractivity contribution < 1.29 is 14.3 Å². The highest BCUT2D eigenvalue weighted by molar-refractivity contribution is 6.31. The van der Waals surface area contributed by atoms with Gasteiger partial charge in [-0.15, -0.1) is 0 Å². The largest absolute Gasteiger partial charge is 0.482 e. The molecule has 0 aliphatic heterocycles. The van der Waals surface area contributed by atoms with E-state index >= 15 is 0 Å². The fourth-order valence-corrected chi connectivity index (χ4v) is 1.89. The molecule has 0 saturated carbocycles. The Bertz CT molecular complexity index is 449. The summed E-state index contributed by atoms with van der Waals surface area (Å²) in [5.74, 6) is 0.259. The van der Waals surface area contributed by atoms with Crippen LogP contribution in [0.15, 0.2) is 18.2 Å². The average Bonchev–Trinajstić information content (AvgIpc) is 2.44. The van der Waals surface area contributed by atoms with Gasteiger partial charge in [-0.2, -0.15) is 0 Å². The first-order valence-corrected chi connectivity index (χ1v) is 7.71. The minimum absolute atomic E-state index is 0.0985. The standard InChI is InChI=1S/C16H24ClNO3/c1-4-5-9-20-16(19)11-21-15-8-6-7-14(17)13(15)10-18-12(2)3/h6-8,12,18H,4-5,9-11H2,1-3H3. The van der Waals surface area contributed by atoms with Crippen LogP contribution in [-0.4, -0.2) is 25.2 Å². The molecule has 0 aliphatic rings. The molecule has 0 aliphatic carbocycles. The van der Waals surface area contributed by atoms with E-state index in [2.05, 4.69) is 19.2 Å². The summed E-state index contributed by atoms with van der Waals surface area (Å²) < 4.78 is 10.6. The Balaban J connectivity index is 2.57. The van der Waals surface area contributed by atoms with E-state index in [0.717, 1.165) is 18.4 Å². The van der Waals surface area contributed by atoms with Crippen molar-refractivity contribution in [1.82, 2.24) is 5.32 Å². The first-order chi connectivity index (χ1) is 10.0. The summed E-state index contributed by atoms with van der Waals surface area (Å²) >= 11 is 6.19. The number of hydrogen-bond acceptors (Lipinski definition) is 4. The van der Waals surface area contributed by atoms with Crippen molar-refractivity contribution in [3.63, 3.8) is 0 Å². The van der Waals surface area contributed by atoms with Crippen molar-refractivity contribution in [2.45, 2.75) is 46.2 Å². The third-order valence-electron chi connectivity index (χ3n) is 2.87. The van der Waals surface area contributed by atoms with E-state index < -0.39 is 0 Å². The van der Waals surface area contributed by atoms with Crippen LogP contribution in [0.3, 0.4) is 0 Å². The Kier molecular flexibility index (Phi) is 8.16. The van der Waals surface area contributed by atoms with Crippen molar-refractivity contribution >= 4 is 17.6 Å². The highest BCUT2D eigenvalue weighted by Gasteiger charge is 2.11. The van der Waals surface area contributed by atoms with Gasteiger partial charge in [-0.3, -0.25) is 0 Å². The lowest BCUT2D eigenvalue weighted by Crippen LogP contribution is -2.23. The van der Waals surface area contributed by atoms with Crippen LogP contribution in [0.4, 0.5) is 0 Å². The number of halogens is 1. The first-order valence-electron chi connectivity index (χ1n) is 7.33. The molecule has 0 amide bonds. The van der Waals surface area contributed by atoms with Gasteiger partial charge in [-0.25, -0.2) is 4.79 Å². The van der Waals surface area contributed by atoms with E-state index in [1.54, 1.807) is 6.07 Å². The summed E-state index contributed by atoms with van der Waals surface area (Å²) in [7, 11) is 0. The van der Waals surface area contributed by atoms with Gasteiger partial charge in [0.15, 0.2) is 6.61 Å². The molecule has 0 unspecified atom stereocenters. The van der Waals surface area contributed by atoms with Crippen molar-refractivity contribution in [2.75, 3.05) is 13.2 Å². The maximum Gasteiger partial charge on any atom is 0.344 e. The molecular weight excluding hydrogens is 290 g/mol. The zero-order valence-corrected chi connectivity index (χ0v) is 13.7. The quantitative estimate of drug-likeness (QED) is 0.559. The second kappa shape index (κ2) is 9.64. The highest BCUT2D eigenvalue weighted by atomic mass is 35.5. The third kappa shape index (κ3) is 6.82.